The molecule has 0 aliphatic rings. The van der Waals surface area contributed by atoms with Crippen molar-refractivity contribution in [3.8, 4) is 0 Å². The molecular weight excluding hydrogens is 437 g/mol. The molecular formula is C17H14ClF3N2O5S. The molecule has 0 radical (unpaired) electrons. The number of nitrogens with one attached hydrogen (secondary N) is 2. The first-order valence-electron chi connectivity index (χ1n) is 7.81. The Hall–Kier alpha value is -2.63. The molecule has 0 bridgehead atoms. The Morgan fingerprint density at radius 3 is 2.28 bits per heavy atom. The van der Waals surface area contributed by atoms with Gasteiger partial charge >= 0.3 is 12.1 Å². The third kappa shape index (κ3) is 5.92. The molecule has 156 valence electrons. The first kappa shape index (κ1) is 22.7. The van der Waals surface area contributed by atoms with Gasteiger partial charge in [0.1, 0.15) is 0 Å². The molecule has 2 N–H and O–H groups in total. The fraction of sp³-hybridized carbons (Fsp3) is 0.176. The van der Waals surface area contributed by atoms with E-state index >= 15 is 0 Å². The number of carbonyl (C=O) groups is 2. The predicted molar refractivity (Wildman–Crippen MR) is 98.1 cm³/mol. The summed E-state index contributed by atoms with van der Waals surface area (Å²) in [4.78, 5) is 23.7. The van der Waals surface area contributed by atoms with Crippen LogP contribution in [-0.2, 0) is 25.7 Å². The topological polar surface area (TPSA) is 102 Å². The molecule has 2 rings (SSSR count). The third-order valence-electron chi connectivity index (χ3n) is 3.57. The standard InChI is InChI=1S/C17H14ClF3N2O5S/c1-22-29(26,27)12-6-7-14(18)13(8-12)16(25)28-9-15(24)23-11-4-2-10(3-5-11)17(19,20)21/h2-8,22H,9H2,1H3,(H,23,24). The zero-order valence-electron chi connectivity index (χ0n) is 14.7. The summed E-state index contributed by atoms with van der Waals surface area (Å²) < 4.78 is 68.0. The number of hydrogen-bond donors (Lipinski definition) is 2. The van der Waals surface area contributed by atoms with E-state index in [0.29, 0.717) is 0 Å². The van der Waals surface area contributed by atoms with Crippen molar-refractivity contribution in [3.05, 3.63) is 58.6 Å². The number of halogens is 4. The van der Waals surface area contributed by atoms with E-state index in [2.05, 4.69) is 10.0 Å². The highest BCUT2D eigenvalue weighted by Gasteiger charge is 2.30. The number of esters is 1. The number of hydrogen-bond acceptors (Lipinski definition) is 5. The Bertz CT molecular complexity index is 1020. The van der Waals surface area contributed by atoms with Gasteiger partial charge in [-0.15, -0.1) is 0 Å². The molecule has 1 amide bonds. The van der Waals surface area contributed by atoms with Crippen LogP contribution in [0.25, 0.3) is 0 Å². The molecule has 2 aromatic rings. The average Bonchev–Trinajstić information content (AvgIpc) is 2.66. The van der Waals surface area contributed by atoms with E-state index in [0.717, 1.165) is 30.3 Å². The normalized spacial score (nSPS) is 11.8. The first-order chi connectivity index (χ1) is 13.4. The van der Waals surface area contributed by atoms with Crippen LogP contribution in [0.1, 0.15) is 15.9 Å². The second-order valence-electron chi connectivity index (χ2n) is 5.55. The molecule has 0 heterocycles. The molecule has 0 saturated carbocycles. The van der Waals surface area contributed by atoms with Crippen LogP contribution < -0.4 is 10.0 Å². The van der Waals surface area contributed by atoms with Crippen LogP contribution >= 0.6 is 11.6 Å². The maximum Gasteiger partial charge on any atom is 0.416 e. The van der Waals surface area contributed by atoms with Crippen LogP contribution in [0, 0.1) is 0 Å². The van der Waals surface area contributed by atoms with Crippen LogP contribution in [-0.4, -0.2) is 33.9 Å². The fourth-order valence-corrected chi connectivity index (χ4v) is 3.04. The smallest absolute Gasteiger partial charge is 0.416 e. The molecule has 0 aliphatic heterocycles. The van der Waals surface area contributed by atoms with Gasteiger partial charge in [0.25, 0.3) is 5.91 Å². The SMILES string of the molecule is CNS(=O)(=O)c1ccc(Cl)c(C(=O)OCC(=O)Nc2ccc(C(F)(F)F)cc2)c1. The van der Waals surface area contributed by atoms with Crippen LogP contribution in [0.5, 0.6) is 0 Å². The average molecular weight is 451 g/mol. The van der Waals surface area contributed by atoms with Crippen molar-refractivity contribution in [1.82, 2.24) is 4.72 Å². The number of sulfonamides is 1. The summed E-state index contributed by atoms with van der Waals surface area (Å²) in [5.41, 5.74) is -1.09. The highest BCUT2D eigenvalue weighted by atomic mass is 35.5. The molecule has 0 saturated heterocycles. The van der Waals surface area contributed by atoms with Crippen molar-refractivity contribution in [2.75, 3.05) is 19.0 Å². The van der Waals surface area contributed by atoms with Gasteiger partial charge in [0.2, 0.25) is 10.0 Å². The molecule has 0 fully saturated rings. The minimum Gasteiger partial charge on any atom is -0.452 e. The minimum atomic E-state index is -4.51. The summed E-state index contributed by atoms with van der Waals surface area (Å²) in [7, 11) is -2.64. The molecule has 0 unspecified atom stereocenters. The van der Waals surface area contributed by atoms with Gasteiger partial charge in [0.15, 0.2) is 6.61 Å². The second kappa shape index (κ2) is 8.80. The van der Waals surface area contributed by atoms with E-state index in [1.165, 1.54) is 19.2 Å². The zero-order chi connectivity index (χ0) is 21.8. The summed E-state index contributed by atoms with van der Waals surface area (Å²) in [5.74, 6) is -1.86. The zero-order valence-corrected chi connectivity index (χ0v) is 16.3. The van der Waals surface area contributed by atoms with Gasteiger partial charge in [-0.1, -0.05) is 11.6 Å². The van der Waals surface area contributed by atoms with Crippen molar-refractivity contribution >= 4 is 39.2 Å². The largest absolute Gasteiger partial charge is 0.452 e. The monoisotopic (exact) mass is 450 g/mol. The van der Waals surface area contributed by atoms with Crippen LogP contribution in [0.3, 0.4) is 0 Å². The third-order valence-corrected chi connectivity index (χ3v) is 5.31. The maximum atomic E-state index is 12.5. The number of ether oxygens (including phenoxy) is 1. The molecule has 0 aliphatic carbocycles. The Morgan fingerprint density at radius 2 is 1.72 bits per heavy atom. The van der Waals surface area contributed by atoms with Gasteiger partial charge in [0.05, 0.1) is 21.0 Å². The summed E-state index contributed by atoms with van der Waals surface area (Å²) >= 11 is 5.87. The second-order valence-corrected chi connectivity index (χ2v) is 7.84. The summed E-state index contributed by atoms with van der Waals surface area (Å²) in [6.45, 7) is -0.765. The summed E-state index contributed by atoms with van der Waals surface area (Å²) in [6, 6.07) is 7.03. The predicted octanol–water partition coefficient (Wildman–Crippen LogP) is 3.06. The molecule has 0 spiro atoms. The van der Waals surface area contributed by atoms with Crippen molar-refractivity contribution < 1.29 is 35.9 Å². The van der Waals surface area contributed by atoms with Crippen molar-refractivity contribution in [3.63, 3.8) is 0 Å². The van der Waals surface area contributed by atoms with Gasteiger partial charge in [0, 0.05) is 5.69 Å². The first-order valence-corrected chi connectivity index (χ1v) is 9.67. The molecule has 2 aromatic carbocycles. The number of carbonyl (C=O) groups excluding carboxylic acids is 2. The molecule has 12 heteroatoms. The lowest BCUT2D eigenvalue weighted by Crippen LogP contribution is -2.22. The molecule has 29 heavy (non-hydrogen) atoms. The van der Waals surface area contributed by atoms with Gasteiger partial charge in [-0.05, 0) is 49.5 Å². The summed E-state index contributed by atoms with van der Waals surface area (Å²) in [5, 5.41) is 2.17. The number of alkyl halides is 3. The fourth-order valence-electron chi connectivity index (χ4n) is 2.09. The van der Waals surface area contributed by atoms with E-state index in [4.69, 9.17) is 16.3 Å². The Kier molecular flexibility index (Phi) is 6.88. The van der Waals surface area contributed by atoms with Crippen molar-refractivity contribution in [2.45, 2.75) is 11.1 Å². The Labute approximate surface area is 168 Å². The molecule has 0 aromatic heterocycles. The number of rotatable bonds is 6. The van der Waals surface area contributed by atoms with Crippen LogP contribution in [0.15, 0.2) is 47.4 Å². The van der Waals surface area contributed by atoms with E-state index in [9.17, 15) is 31.2 Å². The minimum absolute atomic E-state index is 0.0687. The highest BCUT2D eigenvalue weighted by Crippen LogP contribution is 2.29. The quantitative estimate of drug-likeness (QED) is 0.659. The molecule has 7 nitrogen and oxygen atoms in total. The van der Waals surface area contributed by atoms with Gasteiger partial charge < -0.3 is 10.1 Å². The van der Waals surface area contributed by atoms with E-state index in [-0.39, 0.29) is 21.2 Å². The summed E-state index contributed by atoms with van der Waals surface area (Å²) in [6.07, 6.45) is -4.51. The van der Waals surface area contributed by atoms with Crippen molar-refractivity contribution in [2.24, 2.45) is 0 Å². The lowest BCUT2D eigenvalue weighted by molar-refractivity contribution is -0.137. The maximum absolute atomic E-state index is 12.5. The Balaban J connectivity index is 2.02. The number of benzene rings is 2. The van der Waals surface area contributed by atoms with E-state index in [1.807, 2.05) is 0 Å². The van der Waals surface area contributed by atoms with Gasteiger partial charge in [-0.3, -0.25) is 4.79 Å². The van der Waals surface area contributed by atoms with Crippen LogP contribution in [0.4, 0.5) is 18.9 Å². The number of anilines is 1. The van der Waals surface area contributed by atoms with Crippen molar-refractivity contribution in [1.29, 1.82) is 0 Å². The van der Waals surface area contributed by atoms with E-state index in [1.54, 1.807) is 0 Å². The van der Waals surface area contributed by atoms with E-state index < -0.39 is 40.2 Å². The molecule has 0 atom stereocenters. The van der Waals surface area contributed by atoms with Crippen LogP contribution in [0.2, 0.25) is 5.02 Å². The lowest BCUT2D eigenvalue weighted by atomic mass is 10.2. The Morgan fingerprint density at radius 1 is 1.10 bits per heavy atom. The number of amides is 1. The highest BCUT2D eigenvalue weighted by molar-refractivity contribution is 7.89. The van der Waals surface area contributed by atoms with Gasteiger partial charge in [-0.2, -0.15) is 13.2 Å². The van der Waals surface area contributed by atoms with Gasteiger partial charge in [-0.25, -0.2) is 17.9 Å². The lowest BCUT2D eigenvalue weighted by Gasteiger charge is -2.10.